The van der Waals surface area contributed by atoms with Crippen molar-refractivity contribution in [2.75, 3.05) is 7.11 Å². The molecule has 1 rings (SSSR count). The summed E-state index contributed by atoms with van der Waals surface area (Å²) < 4.78 is 5.15. The third-order valence-corrected chi connectivity index (χ3v) is 2.78. The third-order valence-electron chi connectivity index (χ3n) is 2.47. The Morgan fingerprint density at radius 1 is 1.44 bits per heavy atom. The SMILES string of the molecule is CCCC[C@@H](N)c1ccc(Cl)c(OC)c1.Cl. The van der Waals surface area contributed by atoms with Crippen LogP contribution in [0.25, 0.3) is 0 Å². The molecular weight excluding hydrogens is 245 g/mol. The molecule has 16 heavy (non-hydrogen) atoms. The smallest absolute Gasteiger partial charge is 0.137 e. The predicted octanol–water partition coefficient (Wildman–Crippen LogP) is 3.96. The van der Waals surface area contributed by atoms with E-state index in [4.69, 9.17) is 22.1 Å². The number of unbranched alkanes of at least 4 members (excludes halogenated alkanes) is 1. The summed E-state index contributed by atoms with van der Waals surface area (Å²) >= 11 is 5.94. The van der Waals surface area contributed by atoms with E-state index in [0.29, 0.717) is 10.8 Å². The van der Waals surface area contributed by atoms with Crippen LogP contribution in [0.1, 0.15) is 37.8 Å². The maximum atomic E-state index is 6.06. The third kappa shape index (κ3) is 4.20. The first-order chi connectivity index (χ1) is 7.19. The first-order valence-corrected chi connectivity index (χ1v) is 5.65. The summed E-state index contributed by atoms with van der Waals surface area (Å²) in [7, 11) is 1.61. The Labute approximate surface area is 109 Å². The number of halogens is 2. The van der Waals surface area contributed by atoms with E-state index in [1.807, 2.05) is 18.2 Å². The van der Waals surface area contributed by atoms with Crippen LogP contribution in [-0.2, 0) is 0 Å². The molecule has 1 atom stereocenters. The van der Waals surface area contributed by atoms with E-state index in [1.165, 1.54) is 6.42 Å². The zero-order valence-corrected chi connectivity index (χ0v) is 11.3. The van der Waals surface area contributed by atoms with Gasteiger partial charge in [0.1, 0.15) is 5.75 Å². The number of methoxy groups -OCH3 is 1. The summed E-state index contributed by atoms with van der Waals surface area (Å²) in [5, 5.41) is 0.629. The largest absolute Gasteiger partial charge is 0.495 e. The average molecular weight is 264 g/mol. The maximum Gasteiger partial charge on any atom is 0.137 e. The van der Waals surface area contributed by atoms with Gasteiger partial charge < -0.3 is 10.5 Å². The van der Waals surface area contributed by atoms with Crippen molar-refractivity contribution in [3.8, 4) is 5.75 Å². The van der Waals surface area contributed by atoms with Crippen LogP contribution in [0, 0.1) is 0 Å². The number of hydrogen-bond donors (Lipinski definition) is 1. The van der Waals surface area contributed by atoms with Crippen LogP contribution in [0.15, 0.2) is 18.2 Å². The zero-order valence-electron chi connectivity index (χ0n) is 9.70. The molecule has 0 spiro atoms. The molecule has 0 amide bonds. The molecule has 0 unspecified atom stereocenters. The molecule has 0 radical (unpaired) electrons. The van der Waals surface area contributed by atoms with Crippen LogP contribution < -0.4 is 10.5 Å². The molecule has 2 nitrogen and oxygen atoms in total. The fourth-order valence-electron chi connectivity index (χ4n) is 1.50. The molecule has 92 valence electrons. The molecule has 1 aromatic carbocycles. The Morgan fingerprint density at radius 2 is 2.12 bits per heavy atom. The van der Waals surface area contributed by atoms with Gasteiger partial charge in [-0.25, -0.2) is 0 Å². The molecule has 0 aliphatic heterocycles. The first kappa shape index (κ1) is 15.6. The molecule has 0 saturated heterocycles. The van der Waals surface area contributed by atoms with Crippen LogP contribution in [0.5, 0.6) is 5.75 Å². The van der Waals surface area contributed by atoms with Gasteiger partial charge in [0.2, 0.25) is 0 Å². The van der Waals surface area contributed by atoms with E-state index >= 15 is 0 Å². The molecule has 0 aliphatic rings. The van der Waals surface area contributed by atoms with E-state index in [1.54, 1.807) is 7.11 Å². The lowest BCUT2D eigenvalue weighted by Crippen LogP contribution is -2.10. The van der Waals surface area contributed by atoms with Crippen LogP contribution in [-0.4, -0.2) is 7.11 Å². The van der Waals surface area contributed by atoms with Crippen LogP contribution in [0.4, 0.5) is 0 Å². The van der Waals surface area contributed by atoms with E-state index in [0.717, 1.165) is 18.4 Å². The fraction of sp³-hybridized carbons (Fsp3) is 0.500. The number of benzene rings is 1. The molecular formula is C12H19Cl2NO. The number of nitrogens with two attached hydrogens (primary N) is 1. The standard InChI is InChI=1S/C12H18ClNO.ClH/c1-3-4-5-11(14)9-6-7-10(13)12(8-9)15-2;/h6-8,11H,3-5,14H2,1-2H3;1H/t11-;/m1./s1. The van der Waals surface area contributed by atoms with Gasteiger partial charge in [-0.05, 0) is 24.1 Å². The number of hydrogen-bond acceptors (Lipinski definition) is 2. The fourth-order valence-corrected chi connectivity index (χ4v) is 1.69. The van der Waals surface area contributed by atoms with Gasteiger partial charge in [0.05, 0.1) is 12.1 Å². The summed E-state index contributed by atoms with van der Waals surface area (Å²) in [6.45, 7) is 2.16. The molecule has 0 fully saturated rings. The van der Waals surface area contributed by atoms with Crippen molar-refractivity contribution in [1.82, 2.24) is 0 Å². The molecule has 0 aromatic heterocycles. The van der Waals surface area contributed by atoms with Crippen molar-refractivity contribution in [3.05, 3.63) is 28.8 Å². The molecule has 0 heterocycles. The van der Waals surface area contributed by atoms with Crippen LogP contribution in [0.2, 0.25) is 5.02 Å². The second kappa shape index (κ2) is 7.77. The van der Waals surface area contributed by atoms with E-state index in [-0.39, 0.29) is 18.4 Å². The van der Waals surface area contributed by atoms with Crippen molar-refractivity contribution in [3.63, 3.8) is 0 Å². The molecule has 4 heteroatoms. The monoisotopic (exact) mass is 263 g/mol. The zero-order chi connectivity index (χ0) is 11.3. The highest BCUT2D eigenvalue weighted by molar-refractivity contribution is 6.32. The second-order valence-corrected chi connectivity index (χ2v) is 4.05. The summed E-state index contributed by atoms with van der Waals surface area (Å²) in [4.78, 5) is 0. The van der Waals surface area contributed by atoms with Crippen LogP contribution in [0.3, 0.4) is 0 Å². The minimum Gasteiger partial charge on any atom is -0.495 e. The molecule has 2 N–H and O–H groups in total. The van der Waals surface area contributed by atoms with Gasteiger partial charge in [-0.1, -0.05) is 37.4 Å². The van der Waals surface area contributed by atoms with E-state index < -0.39 is 0 Å². The average Bonchev–Trinajstić information content (AvgIpc) is 2.26. The van der Waals surface area contributed by atoms with Crippen molar-refractivity contribution < 1.29 is 4.74 Å². The van der Waals surface area contributed by atoms with Gasteiger partial charge in [-0.2, -0.15) is 0 Å². The lowest BCUT2D eigenvalue weighted by molar-refractivity contribution is 0.413. The lowest BCUT2D eigenvalue weighted by atomic mass is 10.0. The normalized spacial score (nSPS) is 11.8. The second-order valence-electron chi connectivity index (χ2n) is 3.64. The molecule has 0 bridgehead atoms. The summed E-state index contributed by atoms with van der Waals surface area (Å²) in [6.07, 6.45) is 3.31. The minimum absolute atomic E-state index is 0. The Kier molecular flexibility index (Phi) is 7.56. The molecule has 0 aliphatic carbocycles. The van der Waals surface area contributed by atoms with E-state index in [2.05, 4.69) is 6.92 Å². The minimum atomic E-state index is 0. The molecule has 0 saturated carbocycles. The Bertz CT molecular complexity index is 318. The highest BCUT2D eigenvalue weighted by atomic mass is 35.5. The van der Waals surface area contributed by atoms with Crippen molar-refractivity contribution in [2.24, 2.45) is 5.73 Å². The Morgan fingerprint density at radius 3 is 2.69 bits per heavy atom. The topological polar surface area (TPSA) is 35.2 Å². The van der Waals surface area contributed by atoms with Gasteiger partial charge in [0.15, 0.2) is 0 Å². The summed E-state index contributed by atoms with van der Waals surface area (Å²) in [5.41, 5.74) is 7.14. The Balaban J connectivity index is 0.00000225. The predicted molar refractivity (Wildman–Crippen MR) is 71.7 cm³/mol. The number of rotatable bonds is 5. The molecule has 1 aromatic rings. The van der Waals surface area contributed by atoms with Crippen LogP contribution >= 0.6 is 24.0 Å². The quantitative estimate of drug-likeness (QED) is 0.873. The highest BCUT2D eigenvalue weighted by Crippen LogP contribution is 2.28. The maximum absolute atomic E-state index is 6.06. The van der Waals surface area contributed by atoms with E-state index in [9.17, 15) is 0 Å². The van der Waals surface area contributed by atoms with Gasteiger partial charge >= 0.3 is 0 Å². The van der Waals surface area contributed by atoms with Crippen molar-refractivity contribution in [1.29, 1.82) is 0 Å². The van der Waals surface area contributed by atoms with Gasteiger partial charge in [-0.15, -0.1) is 12.4 Å². The van der Waals surface area contributed by atoms with Gasteiger partial charge in [0, 0.05) is 6.04 Å². The summed E-state index contributed by atoms with van der Waals surface area (Å²) in [6, 6.07) is 5.80. The van der Waals surface area contributed by atoms with Gasteiger partial charge in [-0.3, -0.25) is 0 Å². The highest BCUT2D eigenvalue weighted by Gasteiger charge is 2.08. The Hall–Kier alpha value is -0.440. The van der Waals surface area contributed by atoms with Crippen molar-refractivity contribution >= 4 is 24.0 Å². The van der Waals surface area contributed by atoms with Gasteiger partial charge in [0.25, 0.3) is 0 Å². The lowest BCUT2D eigenvalue weighted by Gasteiger charge is -2.13. The summed E-state index contributed by atoms with van der Waals surface area (Å²) in [5.74, 6) is 0.695. The number of ether oxygens (including phenoxy) is 1. The van der Waals surface area contributed by atoms with Crippen molar-refractivity contribution in [2.45, 2.75) is 32.2 Å². The first-order valence-electron chi connectivity index (χ1n) is 5.28.